The lowest BCUT2D eigenvalue weighted by atomic mass is 9.61. The Labute approximate surface area is 229 Å². The summed E-state index contributed by atoms with van der Waals surface area (Å²) in [7, 11) is 0. The van der Waals surface area contributed by atoms with Gasteiger partial charge >= 0.3 is 0 Å². The Balaban J connectivity index is 1.63. The van der Waals surface area contributed by atoms with Crippen LogP contribution in [0.3, 0.4) is 0 Å². The van der Waals surface area contributed by atoms with E-state index in [-0.39, 0.29) is 0 Å². The first kappa shape index (κ1) is 23.1. The highest BCUT2D eigenvalue weighted by atomic mass is 16.5. The molecule has 0 aliphatic carbocycles. The number of benzene rings is 5. The summed E-state index contributed by atoms with van der Waals surface area (Å²) >= 11 is 0. The molecule has 0 aromatic heterocycles. The van der Waals surface area contributed by atoms with E-state index in [0.717, 1.165) is 45.1 Å². The largest absolute Gasteiger partial charge is 0.457 e. The third-order valence-corrected chi connectivity index (χ3v) is 7.88. The zero-order valence-corrected chi connectivity index (χ0v) is 21.5. The fourth-order valence-corrected chi connectivity index (χ4v) is 6.19. The van der Waals surface area contributed by atoms with Crippen molar-refractivity contribution in [3.63, 3.8) is 0 Å². The van der Waals surface area contributed by atoms with E-state index in [9.17, 15) is 0 Å². The van der Waals surface area contributed by atoms with E-state index in [1.807, 2.05) is 30.4 Å². The summed E-state index contributed by atoms with van der Waals surface area (Å²) < 4.78 is 6.53. The SMILES string of the molecule is C=C/C=C(\C=C)c1ccc2c(c1)C1(c3cc(-c4ccccc4)ccc3N2)c2ccccc2Oc2ccccc21. The molecule has 0 saturated carbocycles. The Morgan fingerprint density at radius 2 is 1.23 bits per heavy atom. The van der Waals surface area contributed by atoms with E-state index in [1.165, 1.54) is 22.3 Å². The summed E-state index contributed by atoms with van der Waals surface area (Å²) in [6.45, 7) is 7.99. The molecule has 0 saturated heterocycles. The Morgan fingerprint density at radius 1 is 0.615 bits per heavy atom. The van der Waals surface area contributed by atoms with Crippen LogP contribution in [-0.2, 0) is 5.41 Å². The van der Waals surface area contributed by atoms with Crippen LogP contribution in [-0.4, -0.2) is 0 Å². The van der Waals surface area contributed by atoms with Gasteiger partial charge in [0.15, 0.2) is 0 Å². The van der Waals surface area contributed by atoms with Crippen molar-refractivity contribution < 1.29 is 4.74 Å². The highest BCUT2D eigenvalue weighted by molar-refractivity contribution is 5.88. The number of hydrogen-bond donors (Lipinski definition) is 1. The van der Waals surface area contributed by atoms with E-state index in [1.54, 1.807) is 0 Å². The Morgan fingerprint density at radius 3 is 1.90 bits per heavy atom. The van der Waals surface area contributed by atoms with Gasteiger partial charge < -0.3 is 10.1 Å². The number of hydrogen-bond acceptors (Lipinski definition) is 2. The third-order valence-electron chi connectivity index (χ3n) is 7.88. The standard InChI is InChI=1S/C37H27NO/c1-3-12-25(4-2)27-19-21-33-31(23-27)37(29-15-8-10-17-35(29)39-36-18-11-9-16-30(36)37)32-24-28(20-22-34(32)38-33)26-13-6-5-7-14-26/h3-24,38H,1-2H2/b25-12+. The van der Waals surface area contributed by atoms with Crippen molar-refractivity contribution in [3.8, 4) is 22.6 Å². The summed E-state index contributed by atoms with van der Waals surface area (Å²) in [5.41, 5.74) is 10.7. The Hall–Kier alpha value is -5.08. The lowest BCUT2D eigenvalue weighted by Crippen LogP contribution is -2.37. The average Bonchev–Trinajstić information content (AvgIpc) is 3.00. The molecule has 5 aromatic rings. The second kappa shape index (κ2) is 9.04. The molecule has 2 nitrogen and oxygen atoms in total. The molecule has 0 amide bonds. The molecule has 5 aromatic carbocycles. The van der Waals surface area contributed by atoms with Crippen LogP contribution in [0.2, 0.25) is 0 Å². The predicted octanol–water partition coefficient (Wildman–Crippen LogP) is 9.65. The molecule has 186 valence electrons. The molecule has 2 heterocycles. The first-order chi connectivity index (χ1) is 19.2. The summed E-state index contributed by atoms with van der Waals surface area (Å²) in [6.07, 6.45) is 5.70. The zero-order chi connectivity index (χ0) is 26.4. The monoisotopic (exact) mass is 501 g/mol. The minimum absolute atomic E-state index is 0.595. The Bertz CT molecular complexity index is 1750. The summed E-state index contributed by atoms with van der Waals surface area (Å²) in [5, 5.41) is 3.76. The maximum absolute atomic E-state index is 6.53. The molecule has 0 fully saturated rings. The summed E-state index contributed by atoms with van der Waals surface area (Å²) in [5.74, 6) is 1.74. The van der Waals surface area contributed by atoms with E-state index in [4.69, 9.17) is 4.74 Å². The van der Waals surface area contributed by atoms with Crippen LogP contribution in [0.5, 0.6) is 11.5 Å². The van der Waals surface area contributed by atoms with Crippen molar-refractivity contribution in [2.75, 3.05) is 5.32 Å². The van der Waals surface area contributed by atoms with Crippen molar-refractivity contribution in [1.82, 2.24) is 0 Å². The number of anilines is 2. The minimum Gasteiger partial charge on any atom is -0.457 e. The van der Waals surface area contributed by atoms with Crippen LogP contribution < -0.4 is 10.1 Å². The molecular weight excluding hydrogens is 474 g/mol. The van der Waals surface area contributed by atoms with E-state index < -0.39 is 5.41 Å². The number of allylic oxidation sites excluding steroid dienone is 4. The average molecular weight is 502 g/mol. The van der Waals surface area contributed by atoms with Crippen LogP contribution in [0.4, 0.5) is 11.4 Å². The van der Waals surface area contributed by atoms with Crippen molar-refractivity contribution in [1.29, 1.82) is 0 Å². The van der Waals surface area contributed by atoms with Crippen molar-refractivity contribution in [3.05, 3.63) is 174 Å². The first-order valence-electron chi connectivity index (χ1n) is 13.2. The van der Waals surface area contributed by atoms with Gasteiger partial charge in [0.2, 0.25) is 0 Å². The van der Waals surface area contributed by atoms with Gasteiger partial charge in [-0.25, -0.2) is 0 Å². The first-order valence-corrected chi connectivity index (χ1v) is 13.2. The van der Waals surface area contributed by atoms with Gasteiger partial charge in [0.1, 0.15) is 11.5 Å². The highest BCUT2D eigenvalue weighted by Crippen LogP contribution is 2.60. The molecule has 0 unspecified atom stereocenters. The van der Waals surface area contributed by atoms with Crippen molar-refractivity contribution >= 4 is 16.9 Å². The number of para-hydroxylation sites is 2. The molecule has 7 rings (SSSR count). The molecule has 0 bridgehead atoms. The Kier molecular flexibility index (Phi) is 5.35. The summed E-state index contributed by atoms with van der Waals surface area (Å²) in [4.78, 5) is 0. The van der Waals surface area contributed by atoms with E-state index >= 15 is 0 Å². The molecule has 1 N–H and O–H groups in total. The number of ether oxygens (including phenoxy) is 1. The van der Waals surface area contributed by atoms with E-state index in [0.29, 0.717) is 0 Å². The smallest absolute Gasteiger partial charge is 0.132 e. The van der Waals surface area contributed by atoms with Gasteiger partial charge in [-0.15, -0.1) is 0 Å². The predicted molar refractivity (Wildman–Crippen MR) is 162 cm³/mol. The van der Waals surface area contributed by atoms with Crippen LogP contribution in [0, 0.1) is 0 Å². The van der Waals surface area contributed by atoms with Crippen LogP contribution in [0.15, 0.2) is 147 Å². The van der Waals surface area contributed by atoms with Crippen LogP contribution >= 0.6 is 0 Å². The molecule has 1 spiro atoms. The second-order valence-electron chi connectivity index (χ2n) is 9.92. The minimum atomic E-state index is -0.595. The van der Waals surface area contributed by atoms with Crippen LogP contribution in [0.25, 0.3) is 16.7 Å². The molecule has 0 atom stereocenters. The molecule has 2 aliphatic rings. The third kappa shape index (κ3) is 3.42. The van der Waals surface area contributed by atoms with Crippen molar-refractivity contribution in [2.45, 2.75) is 5.41 Å². The number of rotatable bonds is 4. The van der Waals surface area contributed by atoms with Gasteiger partial charge in [-0.3, -0.25) is 0 Å². The molecule has 39 heavy (non-hydrogen) atoms. The van der Waals surface area contributed by atoms with E-state index in [2.05, 4.69) is 122 Å². The topological polar surface area (TPSA) is 21.3 Å². The molecule has 2 heteroatoms. The van der Waals surface area contributed by atoms with Gasteiger partial charge in [-0.2, -0.15) is 0 Å². The van der Waals surface area contributed by atoms with Gasteiger partial charge in [0.25, 0.3) is 0 Å². The second-order valence-corrected chi connectivity index (χ2v) is 9.92. The number of fused-ring (bicyclic) bond motifs is 8. The van der Waals surface area contributed by atoms with Gasteiger partial charge in [0.05, 0.1) is 5.41 Å². The lowest BCUT2D eigenvalue weighted by molar-refractivity contribution is 0.434. The van der Waals surface area contributed by atoms with Crippen molar-refractivity contribution in [2.24, 2.45) is 0 Å². The maximum atomic E-state index is 6.53. The lowest BCUT2D eigenvalue weighted by Gasteiger charge is -2.46. The van der Waals surface area contributed by atoms with Gasteiger partial charge in [0, 0.05) is 22.5 Å². The number of nitrogens with one attached hydrogen (secondary N) is 1. The molecule has 0 radical (unpaired) electrons. The fourth-order valence-electron chi connectivity index (χ4n) is 6.19. The van der Waals surface area contributed by atoms with Gasteiger partial charge in [-0.05, 0) is 69.8 Å². The van der Waals surface area contributed by atoms with Gasteiger partial charge in [-0.1, -0.05) is 110 Å². The normalized spacial score (nSPS) is 14.1. The maximum Gasteiger partial charge on any atom is 0.132 e. The highest BCUT2D eigenvalue weighted by Gasteiger charge is 2.49. The molecule has 2 aliphatic heterocycles. The molecular formula is C37H27NO. The zero-order valence-electron chi connectivity index (χ0n) is 21.5. The fraction of sp³-hybridized carbons (Fsp3) is 0.0270. The van der Waals surface area contributed by atoms with Crippen LogP contribution in [0.1, 0.15) is 27.8 Å². The summed E-state index contributed by atoms with van der Waals surface area (Å²) in [6, 6.07) is 40.8. The quantitative estimate of drug-likeness (QED) is 0.242.